The molecule has 5 nitrogen and oxygen atoms in total. The summed E-state index contributed by atoms with van der Waals surface area (Å²) in [6.45, 7) is 0.120. The third-order valence-electron chi connectivity index (χ3n) is 2.81. The Labute approximate surface area is 130 Å². The number of hydrogen-bond acceptors (Lipinski definition) is 4. The van der Waals surface area contributed by atoms with Crippen LogP contribution < -0.4 is 0 Å². The lowest BCUT2D eigenvalue weighted by Crippen LogP contribution is -2.29. The molecule has 1 saturated heterocycles. The maximum atomic E-state index is 12.1. The minimum Gasteiger partial charge on any atom is -0.481 e. The second-order valence-corrected chi connectivity index (χ2v) is 5.81. The number of benzene rings is 1. The van der Waals surface area contributed by atoms with E-state index in [4.69, 9.17) is 16.7 Å². The smallest absolute Gasteiger partial charge is 0.303 e. The zero-order chi connectivity index (χ0) is 15.4. The first kappa shape index (κ1) is 15.6. The molecule has 0 bridgehead atoms. The summed E-state index contributed by atoms with van der Waals surface area (Å²) < 4.78 is 0. The van der Waals surface area contributed by atoms with Gasteiger partial charge < -0.3 is 5.11 Å². The lowest BCUT2D eigenvalue weighted by atomic mass is 10.2. The van der Waals surface area contributed by atoms with Crippen molar-refractivity contribution in [3.8, 4) is 0 Å². The van der Waals surface area contributed by atoms with Crippen molar-refractivity contribution in [1.29, 1.82) is 0 Å². The molecule has 110 valence electrons. The highest BCUT2D eigenvalue weighted by molar-refractivity contribution is 8.18. The van der Waals surface area contributed by atoms with Crippen molar-refractivity contribution in [1.82, 2.24) is 4.90 Å². The molecule has 1 N–H and O–H groups in total. The highest BCUT2D eigenvalue weighted by Crippen LogP contribution is 2.32. The van der Waals surface area contributed by atoms with Crippen molar-refractivity contribution in [3.63, 3.8) is 0 Å². The summed E-state index contributed by atoms with van der Waals surface area (Å²) in [5.41, 5.74) is 0.774. The summed E-state index contributed by atoms with van der Waals surface area (Å²) >= 11 is 6.64. The van der Waals surface area contributed by atoms with Gasteiger partial charge in [-0.25, -0.2) is 0 Å². The van der Waals surface area contributed by atoms with E-state index in [-0.39, 0.29) is 30.5 Å². The second-order valence-electron chi connectivity index (χ2n) is 4.38. The van der Waals surface area contributed by atoms with E-state index in [0.717, 1.165) is 22.2 Å². The van der Waals surface area contributed by atoms with Crippen LogP contribution in [-0.4, -0.2) is 33.7 Å². The van der Waals surface area contributed by atoms with Crippen molar-refractivity contribution < 1.29 is 19.5 Å². The van der Waals surface area contributed by atoms with E-state index in [2.05, 4.69) is 0 Å². The zero-order valence-corrected chi connectivity index (χ0v) is 12.5. The molecule has 1 aromatic carbocycles. The normalized spacial score (nSPS) is 16.8. The van der Waals surface area contributed by atoms with Crippen LogP contribution in [-0.2, 0) is 9.59 Å². The van der Waals surface area contributed by atoms with Crippen LogP contribution in [0.2, 0.25) is 5.02 Å². The number of halogens is 1. The molecule has 0 aliphatic carbocycles. The molecule has 0 radical (unpaired) electrons. The van der Waals surface area contributed by atoms with Crippen molar-refractivity contribution >= 4 is 46.6 Å². The van der Waals surface area contributed by atoms with Crippen molar-refractivity contribution in [2.24, 2.45) is 0 Å². The number of aliphatic carboxylic acids is 1. The molecule has 21 heavy (non-hydrogen) atoms. The van der Waals surface area contributed by atoms with Gasteiger partial charge in [-0.15, -0.1) is 0 Å². The first-order chi connectivity index (χ1) is 9.97. The third-order valence-corrected chi connectivity index (χ3v) is 3.97. The maximum Gasteiger partial charge on any atom is 0.303 e. The lowest BCUT2D eigenvalue weighted by molar-refractivity contribution is -0.137. The number of carbonyl (C=O) groups excluding carboxylic acids is 2. The Morgan fingerprint density at radius 3 is 2.57 bits per heavy atom. The minimum atomic E-state index is -0.946. The van der Waals surface area contributed by atoms with Crippen LogP contribution in [0.15, 0.2) is 29.2 Å². The number of imide groups is 1. The van der Waals surface area contributed by atoms with E-state index in [1.54, 1.807) is 30.3 Å². The predicted molar refractivity (Wildman–Crippen MR) is 81.0 cm³/mol. The molecule has 1 fully saturated rings. The van der Waals surface area contributed by atoms with Gasteiger partial charge in [0.25, 0.3) is 11.1 Å². The van der Waals surface area contributed by atoms with Crippen molar-refractivity contribution in [3.05, 3.63) is 39.8 Å². The van der Waals surface area contributed by atoms with Crippen LogP contribution >= 0.6 is 23.4 Å². The number of rotatable bonds is 5. The van der Waals surface area contributed by atoms with Gasteiger partial charge in [-0.3, -0.25) is 19.3 Å². The Hall–Kier alpha value is -1.79. The molecule has 0 spiro atoms. The fourth-order valence-corrected chi connectivity index (χ4v) is 2.78. The van der Waals surface area contributed by atoms with E-state index in [1.165, 1.54) is 0 Å². The topological polar surface area (TPSA) is 74.7 Å². The van der Waals surface area contributed by atoms with E-state index in [9.17, 15) is 14.4 Å². The lowest BCUT2D eigenvalue weighted by Gasteiger charge is -2.10. The van der Waals surface area contributed by atoms with Crippen LogP contribution in [0.5, 0.6) is 0 Å². The average Bonchev–Trinajstić information content (AvgIpc) is 2.68. The molecule has 2 rings (SSSR count). The van der Waals surface area contributed by atoms with E-state index in [1.807, 2.05) is 0 Å². The number of thioether (sulfide) groups is 1. The monoisotopic (exact) mass is 325 g/mol. The SMILES string of the molecule is O=C(O)CCCN1C(=O)S/C(=C/c2ccc(Cl)cc2)C1=O. The molecule has 1 aliphatic rings. The number of carbonyl (C=O) groups is 3. The molecule has 0 atom stereocenters. The maximum absolute atomic E-state index is 12.1. The molecule has 0 unspecified atom stereocenters. The van der Waals surface area contributed by atoms with Gasteiger partial charge in [-0.2, -0.15) is 0 Å². The Balaban J connectivity index is 2.06. The Morgan fingerprint density at radius 1 is 1.29 bits per heavy atom. The fourth-order valence-electron chi connectivity index (χ4n) is 1.79. The van der Waals surface area contributed by atoms with Crippen LogP contribution in [0.1, 0.15) is 18.4 Å². The summed E-state index contributed by atoms with van der Waals surface area (Å²) in [6, 6.07) is 6.90. The summed E-state index contributed by atoms with van der Waals surface area (Å²) in [4.78, 5) is 35.7. The van der Waals surface area contributed by atoms with Gasteiger partial charge in [0.2, 0.25) is 0 Å². The average molecular weight is 326 g/mol. The van der Waals surface area contributed by atoms with Crippen LogP contribution in [0.25, 0.3) is 6.08 Å². The number of carboxylic acid groups (broad SMARTS) is 1. The highest BCUT2D eigenvalue weighted by Gasteiger charge is 2.34. The molecular formula is C14H12ClNO4S. The summed E-state index contributed by atoms with van der Waals surface area (Å²) in [6.07, 6.45) is 1.80. The van der Waals surface area contributed by atoms with E-state index >= 15 is 0 Å². The van der Waals surface area contributed by atoms with E-state index < -0.39 is 5.97 Å². The minimum absolute atomic E-state index is 0.0715. The molecule has 0 saturated carbocycles. The van der Waals surface area contributed by atoms with Gasteiger partial charge in [0.05, 0.1) is 4.91 Å². The van der Waals surface area contributed by atoms with Crippen LogP contribution in [0.3, 0.4) is 0 Å². The molecule has 2 amide bonds. The molecule has 1 aromatic rings. The standard InChI is InChI=1S/C14H12ClNO4S/c15-10-5-3-9(4-6-10)8-11-13(19)16(14(20)21-11)7-1-2-12(17)18/h3-6,8H,1-2,7H2,(H,17,18)/b11-8+. The van der Waals surface area contributed by atoms with E-state index in [0.29, 0.717) is 9.93 Å². The van der Waals surface area contributed by atoms with Crippen LogP contribution in [0, 0.1) is 0 Å². The number of nitrogens with zero attached hydrogens (tertiary/aromatic N) is 1. The van der Waals surface area contributed by atoms with Crippen molar-refractivity contribution in [2.75, 3.05) is 6.54 Å². The Bertz CT molecular complexity index is 612. The van der Waals surface area contributed by atoms with Gasteiger partial charge in [0.15, 0.2) is 0 Å². The molecule has 1 heterocycles. The fraction of sp³-hybridized carbons (Fsp3) is 0.214. The highest BCUT2D eigenvalue weighted by atomic mass is 35.5. The quantitative estimate of drug-likeness (QED) is 0.841. The number of hydrogen-bond donors (Lipinski definition) is 1. The largest absolute Gasteiger partial charge is 0.481 e. The number of carboxylic acids is 1. The Kier molecular flexibility index (Phi) is 5.03. The van der Waals surface area contributed by atoms with Crippen molar-refractivity contribution in [2.45, 2.75) is 12.8 Å². The van der Waals surface area contributed by atoms with Gasteiger partial charge in [-0.05, 0) is 42.0 Å². The zero-order valence-electron chi connectivity index (χ0n) is 10.9. The summed E-state index contributed by atoms with van der Waals surface area (Å²) in [5.74, 6) is -1.33. The first-order valence-corrected chi connectivity index (χ1v) is 7.39. The molecule has 0 aromatic heterocycles. The molecular weight excluding hydrogens is 314 g/mol. The van der Waals surface area contributed by atoms with Gasteiger partial charge in [0, 0.05) is 18.0 Å². The predicted octanol–water partition coefficient (Wildman–Crippen LogP) is 3.24. The van der Waals surface area contributed by atoms with Gasteiger partial charge in [0.1, 0.15) is 0 Å². The van der Waals surface area contributed by atoms with Crippen LogP contribution in [0.4, 0.5) is 4.79 Å². The number of amides is 2. The summed E-state index contributed by atoms with van der Waals surface area (Å²) in [5, 5.41) is 8.79. The second kappa shape index (κ2) is 6.78. The third kappa shape index (κ3) is 4.09. The first-order valence-electron chi connectivity index (χ1n) is 6.20. The Morgan fingerprint density at radius 2 is 1.95 bits per heavy atom. The molecule has 7 heteroatoms. The molecule has 1 aliphatic heterocycles. The van der Waals surface area contributed by atoms with Gasteiger partial charge in [-0.1, -0.05) is 23.7 Å². The summed E-state index contributed by atoms with van der Waals surface area (Å²) in [7, 11) is 0. The van der Waals surface area contributed by atoms with Gasteiger partial charge >= 0.3 is 5.97 Å².